The molecule has 1 unspecified atom stereocenters. The Kier molecular flexibility index (Phi) is 6.34. The lowest BCUT2D eigenvalue weighted by Gasteiger charge is -2.10. The van der Waals surface area contributed by atoms with Gasteiger partial charge in [-0.3, -0.25) is 19.1 Å². The molecule has 1 aromatic carbocycles. The maximum Gasteiger partial charge on any atom is 0.309 e. The van der Waals surface area contributed by atoms with E-state index in [1.165, 1.54) is 0 Å². The van der Waals surface area contributed by atoms with E-state index in [2.05, 4.69) is 0 Å². The molecule has 0 aliphatic heterocycles. The number of ketones is 1. The monoisotopic (exact) mass is 423 g/mol. The number of carbonyl (C=O) groups is 2. The summed E-state index contributed by atoms with van der Waals surface area (Å²) in [5.41, 5.74) is 3.72. The number of para-hydroxylation sites is 1. The summed E-state index contributed by atoms with van der Waals surface area (Å²) in [6.07, 6.45) is 0.655. The molecule has 0 fully saturated rings. The SMILES string of the molecule is CCC(C)C(=O)OCC(=O)c1cc(C)n(-c2c(C)n(C)n(-c3ccccc3)c2=O)c1C. The van der Waals surface area contributed by atoms with Gasteiger partial charge in [0.25, 0.3) is 5.56 Å². The van der Waals surface area contributed by atoms with Crippen LogP contribution in [0.4, 0.5) is 0 Å². The Bertz CT molecular complexity index is 1180. The van der Waals surface area contributed by atoms with E-state index in [0.717, 1.165) is 17.1 Å². The lowest BCUT2D eigenvalue weighted by atomic mass is 10.1. The van der Waals surface area contributed by atoms with Crippen LogP contribution in [0.5, 0.6) is 0 Å². The predicted octanol–water partition coefficient (Wildman–Crippen LogP) is 3.66. The molecule has 0 spiro atoms. The number of hydrogen-bond acceptors (Lipinski definition) is 4. The van der Waals surface area contributed by atoms with Crippen LogP contribution in [0.25, 0.3) is 11.4 Å². The Morgan fingerprint density at radius 3 is 2.32 bits per heavy atom. The van der Waals surface area contributed by atoms with Gasteiger partial charge in [0, 0.05) is 24.0 Å². The van der Waals surface area contributed by atoms with Gasteiger partial charge in [0.15, 0.2) is 6.61 Å². The molecule has 1 atom stereocenters. The molecule has 0 saturated heterocycles. The molecule has 0 saturated carbocycles. The van der Waals surface area contributed by atoms with Crippen molar-refractivity contribution >= 4 is 11.8 Å². The number of carbonyl (C=O) groups excluding carboxylic acids is 2. The van der Waals surface area contributed by atoms with Gasteiger partial charge in [0.2, 0.25) is 5.78 Å². The summed E-state index contributed by atoms with van der Waals surface area (Å²) in [5, 5.41) is 0. The molecule has 31 heavy (non-hydrogen) atoms. The van der Waals surface area contributed by atoms with Gasteiger partial charge in [0.05, 0.1) is 17.3 Å². The van der Waals surface area contributed by atoms with Gasteiger partial charge >= 0.3 is 5.97 Å². The van der Waals surface area contributed by atoms with Crippen LogP contribution in [-0.2, 0) is 16.6 Å². The van der Waals surface area contributed by atoms with Crippen molar-refractivity contribution in [2.24, 2.45) is 13.0 Å². The smallest absolute Gasteiger partial charge is 0.309 e. The molecule has 0 radical (unpaired) electrons. The maximum absolute atomic E-state index is 13.4. The lowest BCUT2D eigenvalue weighted by molar-refractivity contribution is -0.146. The second-order valence-electron chi connectivity index (χ2n) is 7.87. The van der Waals surface area contributed by atoms with Crippen LogP contribution in [0.1, 0.15) is 47.7 Å². The highest BCUT2D eigenvalue weighted by atomic mass is 16.5. The van der Waals surface area contributed by atoms with Crippen molar-refractivity contribution in [1.82, 2.24) is 13.9 Å². The van der Waals surface area contributed by atoms with E-state index in [4.69, 9.17) is 4.74 Å². The van der Waals surface area contributed by atoms with Crippen LogP contribution >= 0.6 is 0 Å². The first-order valence-electron chi connectivity index (χ1n) is 10.4. The van der Waals surface area contributed by atoms with Crippen LogP contribution in [0.2, 0.25) is 0 Å². The van der Waals surface area contributed by atoms with Crippen molar-refractivity contribution in [3.63, 3.8) is 0 Å². The predicted molar refractivity (Wildman–Crippen MR) is 119 cm³/mol. The molecule has 0 aliphatic rings. The molecule has 3 aromatic rings. The molecular weight excluding hydrogens is 394 g/mol. The summed E-state index contributed by atoms with van der Waals surface area (Å²) in [5.74, 6) is -0.911. The quantitative estimate of drug-likeness (QED) is 0.429. The van der Waals surface area contributed by atoms with Crippen molar-refractivity contribution in [3.8, 4) is 11.4 Å². The van der Waals surface area contributed by atoms with Gasteiger partial charge in [0.1, 0.15) is 5.69 Å². The lowest BCUT2D eigenvalue weighted by Crippen LogP contribution is -2.22. The minimum absolute atomic E-state index is 0.171. The van der Waals surface area contributed by atoms with E-state index in [-0.39, 0.29) is 29.8 Å². The number of ether oxygens (including phenoxy) is 1. The number of aromatic nitrogens is 3. The first-order chi connectivity index (χ1) is 14.7. The summed E-state index contributed by atoms with van der Waals surface area (Å²) in [7, 11) is 1.84. The average molecular weight is 424 g/mol. The number of aryl methyl sites for hydroxylation is 1. The third-order valence-electron chi connectivity index (χ3n) is 5.84. The second-order valence-corrected chi connectivity index (χ2v) is 7.87. The molecule has 7 heteroatoms. The van der Waals surface area contributed by atoms with Crippen molar-refractivity contribution in [2.75, 3.05) is 6.61 Å². The molecule has 164 valence electrons. The Balaban J connectivity index is 2.01. The summed E-state index contributed by atoms with van der Waals surface area (Å²) in [4.78, 5) is 38.1. The van der Waals surface area contributed by atoms with Gasteiger partial charge in [-0.2, -0.15) is 0 Å². The Hall–Kier alpha value is -3.35. The average Bonchev–Trinajstić information content (AvgIpc) is 3.17. The minimum atomic E-state index is -0.380. The molecule has 0 N–H and O–H groups in total. The Morgan fingerprint density at radius 1 is 1.06 bits per heavy atom. The highest BCUT2D eigenvalue weighted by molar-refractivity contribution is 5.99. The number of rotatable bonds is 7. The summed E-state index contributed by atoms with van der Waals surface area (Å²) in [6.45, 7) is 8.89. The standard InChI is InChI=1S/C24H29N3O4/c1-7-15(2)24(30)31-14-21(28)20-13-16(3)26(17(20)4)22-18(5)25(6)27(23(22)29)19-11-9-8-10-12-19/h8-13,15H,7,14H2,1-6H3. The van der Waals surface area contributed by atoms with Crippen LogP contribution in [0, 0.1) is 26.7 Å². The second kappa shape index (κ2) is 8.79. The zero-order chi connectivity index (χ0) is 22.9. The molecule has 0 amide bonds. The summed E-state index contributed by atoms with van der Waals surface area (Å²) in [6, 6.07) is 11.2. The highest BCUT2D eigenvalue weighted by Crippen LogP contribution is 2.23. The molecule has 2 aromatic heterocycles. The molecule has 0 bridgehead atoms. The van der Waals surface area contributed by atoms with E-state index in [9.17, 15) is 14.4 Å². The summed E-state index contributed by atoms with van der Waals surface area (Å²) < 4.78 is 10.4. The number of benzene rings is 1. The van der Waals surface area contributed by atoms with Crippen LogP contribution in [0.15, 0.2) is 41.2 Å². The number of Topliss-reactive ketones (excluding diaryl/α,β-unsaturated/α-hetero) is 1. The molecule has 0 aliphatic carbocycles. The Morgan fingerprint density at radius 2 is 1.71 bits per heavy atom. The third-order valence-corrected chi connectivity index (χ3v) is 5.84. The first-order valence-corrected chi connectivity index (χ1v) is 10.4. The van der Waals surface area contributed by atoms with Crippen molar-refractivity contribution < 1.29 is 14.3 Å². The molecule has 2 heterocycles. The van der Waals surface area contributed by atoms with Crippen molar-refractivity contribution in [2.45, 2.75) is 41.0 Å². The van der Waals surface area contributed by atoms with Gasteiger partial charge < -0.3 is 9.30 Å². The maximum atomic E-state index is 13.4. The third kappa shape index (κ3) is 4.00. The van der Waals surface area contributed by atoms with E-state index in [0.29, 0.717) is 23.4 Å². The van der Waals surface area contributed by atoms with Crippen molar-refractivity contribution in [3.05, 3.63) is 69.4 Å². The van der Waals surface area contributed by atoms with Crippen molar-refractivity contribution in [1.29, 1.82) is 0 Å². The van der Waals surface area contributed by atoms with Crippen LogP contribution in [-0.4, -0.2) is 32.3 Å². The van der Waals surface area contributed by atoms with Gasteiger partial charge in [-0.05, 0) is 45.4 Å². The highest BCUT2D eigenvalue weighted by Gasteiger charge is 2.24. The number of hydrogen-bond donors (Lipinski definition) is 0. The van der Waals surface area contributed by atoms with Crippen LogP contribution in [0.3, 0.4) is 0 Å². The molecule has 7 nitrogen and oxygen atoms in total. The fourth-order valence-electron chi connectivity index (χ4n) is 3.72. The summed E-state index contributed by atoms with van der Waals surface area (Å²) >= 11 is 0. The van der Waals surface area contributed by atoms with Gasteiger partial charge in [-0.15, -0.1) is 0 Å². The minimum Gasteiger partial charge on any atom is -0.457 e. The zero-order valence-electron chi connectivity index (χ0n) is 18.9. The van der Waals surface area contributed by atoms with Crippen LogP contribution < -0.4 is 5.56 Å². The molecule has 3 rings (SSSR count). The van der Waals surface area contributed by atoms with Gasteiger partial charge in [-0.1, -0.05) is 32.0 Å². The first kappa shape index (κ1) is 22.3. The topological polar surface area (TPSA) is 75.2 Å². The Labute approximate surface area is 181 Å². The number of nitrogens with zero attached hydrogens (tertiary/aromatic N) is 3. The zero-order valence-corrected chi connectivity index (χ0v) is 18.9. The number of esters is 1. The van der Waals surface area contributed by atoms with E-state index >= 15 is 0 Å². The van der Waals surface area contributed by atoms with E-state index < -0.39 is 0 Å². The van der Waals surface area contributed by atoms with Gasteiger partial charge in [-0.25, -0.2) is 4.68 Å². The fraction of sp³-hybridized carbons (Fsp3) is 0.375. The molecular formula is C24H29N3O4. The largest absolute Gasteiger partial charge is 0.457 e. The fourth-order valence-corrected chi connectivity index (χ4v) is 3.72. The van der Waals surface area contributed by atoms with E-state index in [1.807, 2.05) is 58.2 Å². The van der Waals surface area contributed by atoms with E-state index in [1.54, 1.807) is 33.8 Å². The normalized spacial score (nSPS) is 12.1.